The van der Waals surface area contributed by atoms with E-state index in [9.17, 15) is 14.0 Å². The van der Waals surface area contributed by atoms with Crippen LogP contribution in [0.15, 0.2) is 103 Å². The SMILES string of the molecule is CC(=O)/C=C/c1cc(F)cc(N(Cc2ccc(-c3ccc4c(c3)ncn4C)cc2)C(=O)c2ccccc2)c1. The molecule has 4 aromatic carbocycles. The van der Waals surface area contributed by atoms with Gasteiger partial charge in [-0.25, -0.2) is 9.37 Å². The van der Waals surface area contributed by atoms with Gasteiger partial charge in [0, 0.05) is 18.3 Å². The molecule has 0 fully saturated rings. The molecule has 38 heavy (non-hydrogen) atoms. The Morgan fingerprint density at radius 2 is 1.66 bits per heavy atom. The molecule has 6 heteroatoms. The number of carbonyl (C=O) groups excluding carboxylic acids is 2. The number of imidazole rings is 1. The lowest BCUT2D eigenvalue weighted by Gasteiger charge is -2.24. The summed E-state index contributed by atoms with van der Waals surface area (Å²) in [6.07, 6.45) is 4.72. The molecule has 0 N–H and O–H groups in total. The smallest absolute Gasteiger partial charge is 0.258 e. The quantitative estimate of drug-likeness (QED) is 0.229. The average molecular weight is 504 g/mol. The topological polar surface area (TPSA) is 55.2 Å². The number of anilines is 1. The largest absolute Gasteiger partial charge is 0.334 e. The number of amides is 1. The van der Waals surface area contributed by atoms with Gasteiger partial charge in [-0.2, -0.15) is 0 Å². The molecule has 5 aromatic rings. The molecule has 5 rings (SSSR count). The zero-order chi connectivity index (χ0) is 26.6. The second-order valence-corrected chi connectivity index (χ2v) is 9.20. The Balaban J connectivity index is 1.47. The van der Waals surface area contributed by atoms with Gasteiger partial charge in [0.2, 0.25) is 0 Å². The van der Waals surface area contributed by atoms with E-state index in [4.69, 9.17) is 0 Å². The number of hydrogen-bond donors (Lipinski definition) is 0. The van der Waals surface area contributed by atoms with Gasteiger partial charge < -0.3 is 9.47 Å². The molecular weight excluding hydrogens is 477 g/mol. The van der Waals surface area contributed by atoms with Gasteiger partial charge in [0.25, 0.3) is 5.91 Å². The summed E-state index contributed by atoms with van der Waals surface area (Å²) in [5.41, 5.74) is 6.37. The van der Waals surface area contributed by atoms with Crippen LogP contribution in [-0.2, 0) is 18.4 Å². The van der Waals surface area contributed by atoms with Crippen molar-refractivity contribution in [1.82, 2.24) is 9.55 Å². The number of ketones is 1. The standard InChI is InChI=1S/C32H26FN3O2/c1-22(37)8-9-24-16-28(33)19-29(17-24)36(32(38)26-6-4-3-5-7-26)20-23-10-12-25(13-11-23)27-14-15-31-30(18-27)34-21-35(31)2/h3-19,21H,20H2,1-2H3/b9-8+. The highest BCUT2D eigenvalue weighted by molar-refractivity contribution is 6.06. The Hall–Kier alpha value is -4.84. The summed E-state index contributed by atoms with van der Waals surface area (Å²) < 4.78 is 16.6. The molecule has 0 aliphatic heterocycles. The predicted octanol–water partition coefficient (Wildman–Crippen LogP) is 6.83. The summed E-state index contributed by atoms with van der Waals surface area (Å²) in [7, 11) is 1.97. The van der Waals surface area contributed by atoms with E-state index in [-0.39, 0.29) is 18.2 Å². The number of aromatic nitrogens is 2. The first-order valence-corrected chi connectivity index (χ1v) is 12.2. The van der Waals surface area contributed by atoms with Gasteiger partial charge >= 0.3 is 0 Å². The Morgan fingerprint density at radius 1 is 0.921 bits per heavy atom. The summed E-state index contributed by atoms with van der Waals surface area (Å²) >= 11 is 0. The second kappa shape index (κ2) is 10.6. The first-order chi connectivity index (χ1) is 18.4. The van der Waals surface area contributed by atoms with Crippen LogP contribution >= 0.6 is 0 Å². The zero-order valence-corrected chi connectivity index (χ0v) is 21.1. The molecule has 0 aliphatic rings. The molecule has 0 radical (unpaired) electrons. The third kappa shape index (κ3) is 5.44. The number of aryl methyl sites for hydroxylation is 1. The van der Waals surface area contributed by atoms with Crippen LogP contribution < -0.4 is 4.90 Å². The first kappa shape index (κ1) is 24.8. The fourth-order valence-corrected chi connectivity index (χ4v) is 4.38. The van der Waals surface area contributed by atoms with Gasteiger partial charge in [-0.3, -0.25) is 9.59 Å². The van der Waals surface area contributed by atoms with Crippen LogP contribution in [0.2, 0.25) is 0 Å². The summed E-state index contributed by atoms with van der Waals surface area (Å²) in [6.45, 7) is 1.67. The molecule has 1 aromatic heterocycles. The Kier molecular flexibility index (Phi) is 6.96. The van der Waals surface area contributed by atoms with Crippen LogP contribution in [-0.4, -0.2) is 21.2 Å². The number of rotatable bonds is 7. The van der Waals surface area contributed by atoms with E-state index in [1.807, 2.05) is 48.0 Å². The van der Waals surface area contributed by atoms with E-state index in [2.05, 4.69) is 17.1 Å². The fraction of sp³-hybridized carbons (Fsp3) is 0.0938. The summed E-state index contributed by atoms with van der Waals surface area (Å²) in [5, 5.41) is 0. The lowest BCUT2D eigenvalue weighted by molar-refractivity contribution is -0.112. The number of fused-ring (bicyclic) bond motifs is 1. The molecule has 0 saturated heterocycles. The molecule has 0 saturated carbocycles. The van der Waals surface area contributed by atoms with Crippen LogP contribution in [0.25, 0.3) is 28.2 Å². The van der Waals surface area contributed by atoms with Crippen molar-refractivity contribution in [2.75, 3.05) is 4.90 Å². The summed E-state index contributed by atoms with van der Waals surface area (Å²) in [6, 6.07) is 27.4. The maximum Gasteiger partial charge on any atom is 0.258 e. The van der Waals surface area contributed by atoms with Crippen LogP contribution in [0.3, 0.4) is 0 Å². The fourth-order valence-electron chi connectivity index (χ4n) is 4.38. The van der Waals surface area contributed by atoms with Crippen molar-refractivity contribution in [2.45, 2.75) is 13.5 Å². The van der Waals surface area contributed by atoms with Crippen LogP contribution in [0.1, 0.15) is 28.4 Å². The zero-order valence-electron chi connectivity index (χ0n) is 21.1. The molecule has 0 atom stereocenters. The van der Waals surface area contributed by atoms with Gasteiger partial charge in [-0.1, -0.05) is 54.6 Å². The number of halogens is 1. The summed E-state index contributed by atoms with van der Waals surface area (Å²) in [5.74, 6) is -0.880. The highest BCUT2D eigenvalue weighted by atomic mass is 19.1. The Bertz CT molecular complexity index is 1650. The van der Waals surface area contributed by atoms with Crippen LogP contribution in [0.5, 0.6) is 0 Å². The molecule has 0 bridgehead atoms. The van der Waals surface area contributed by atoms with Gasteiger partial charge in [-0.15, -0.1) is 0 Å². The molecule has 5 nitrogen and oxygen atoms in total. The molecule has 1 heterocycles. The van der Waals surface area contributed by atoms with Crippen molar-refractivity contribution in [1.29, 1.82) is 0 Å². The first-order valence-electron chi connectivity index (χ1n) is 12.2. The minimum atomic E-state index is -0.489. The highest BCUT2D eigenvalue weighted by Gasteiger charge is 2.19. The van der Waals surface area contributed by atoms with E-state index in [1.165, 1.54) is 25.1 Å². The molecule has 1 amide bonds. The monoisotopic (exact) mass is 503 g/mol. The maximum atomic E-state index is 14.6. The van der Waals surface area contributed by atoms with Gasteiger partial charge in [-0.05, 0) is 77.7 Å². The van der Waals surface area contributed by atoms with Gasteiger partial charge in [0.1, 0.15) is 5.82 Å². The third-order valence-corrected chi connectivity index (χ3v) is 6.35. The minimum absolute atomic E-state index is 0.143. The molecule has 0 unspecified atom stereocenters. The number of benzene rings is 4. The maximum absolute atomic E-state index is 14.6. The lowest BCUT2D eigenvalue weighted by Crippen LogP contribution is -2.30. The van der Waals surface area contributed by atoms with Crippen molar-refractivity contribution >= 4 is 34.5 Å². The normalized spacial score (nSPS) is 11.2. The van der Waals surface area contributed by atoms with Crippen molar-refractivity contribution < 1.29 is 14.0 Å². The van der Waals surface area contributed by atoms with E-state index < -0.39 is 5.82 Å². The van der Waals surface area contributed by atoms with Gasteiger partial charge in [0.05, 0.1) is 23.9 Å². The van der Waals surface area contributed by atoms with Crippen LogP contribution in [0.4, 0.5) is 10.1 Å². The van der Waals surface area contributed by atoms with E-state index in [0.29, 0.717) is 16.8 Å². The summed E-state index contributed by atoms with van der Waals surface area (Å²) in [4.78, 5) is 31.0. The van der Waals surface area contributed by atoms with Crippen molar-refractivity contribution in [3.8, 4) is 11.1 Å². The predicted molar refractivity (Wildman–Crippen MR) is 149 cm³/mol. The Morgan fingerprint density at radius 3 is 2.39 bits per heavy atom. The number of nitrogens with zero attached hydrogens (tertiary/aromatic N) is 3. The Labute approximate surface area is 220 Å². The molecule has 0 aliphatic carbocycles. The highest BCUT2D eigenvalue weighted by Crippen LogP contribution is 2.27. The van der Waals surface area contributed by atoms with Crippen molar-refractivity contribution in [2.24, 2.45) is 7.05 Å². The molecule has 0 spiro atoms. The number of allylic oxidation sites excluding steroid dienone is 1. The van der Waals surface area contributed by atoms with Crippen molar-refractivity contribution in [3.05, 3.63) is 126 Å². The second-order valence-electron chi connectivity index (χ2n) is 9.20. The van der Waals surface area contributed by atoms with E-state index in [0.717, 1.165) is 27.7 Å². The van der Waals surface area contributed by atoms with Crippen LogP contribution in [0, 0.1) is 5.82 Å². The average Bonchev–Trinajstić information content (AvgIpc) is 3.30. The number of hydrogen-bond acceptors (Lipinski definition) is 3. The van der Waals surface area contributed by atoms with E-state index in [1.54, 1.807) is 47.6 Å². The number of carbonyl (C=O) groups is 2. The van der Waals surface area contributed by atoms with E-state index >= 15 is 0 Å². The van der Waals surface area contributed by atoms with Gasteiger partial charge in [0.15, 0.2) is 5.78 Å². The third-order valence-electron chi connectivity index (χ3n) is 6.35. The molecular formula is C32H26FN3O2. The molecule has 188 valence electrons. The minimum Gasteiger partial charge on any atom is -0.334 e. The lowest BCUT2D eigenvalue weighted by atomic mass is 10.0. The van der Waals surface area contributed by atoms with Crippen molar-refractivity contribution in [3.63, 3.8) is 0 Å².